The molecule has 2 unspecified atom stereocenters. The lowest BCUT2D eigenvalue weighted by molar-refractivity contribution is 0.239. The van der Waals surface area contributed by atoms with Crippen molar-refractivity contribution < 1.29 is 0 Å². The van der Waals surface area contributed by atoms with Crippen LogP contribution >= 0.6 is 0 Å². The van der Waals surface area contributed by atoms with E-state index in [-0.39, 0.29) is 5.41 Å². The van der Waals surface area contributed by atoms with Crippen molar-refractivity contribution in [3.05, 3.63) is 35.9 Å². The molecule has 1 heteroatoms. The Hall–Kier alpha value is -0.820. The molecule has 1 aromatic carbocycles. The highest BCUT2D eigenvalue weighted by molar-refractivity contribution is 5.22. The third-order valence-electron chi connectivity index (χ3n) is 3.31. The first kappa shape index (κ1) is 13.2. The van der Waals surface area contributed by atoms with Crippen molar-refractivity contribution in [2.24, 2.45) is 5.41 Å². The van der Waals surface area contributed by atoms with Gasteiger partial charge >= 0.3 is 0 Å². The summed E-state index contributed by atoms with van der Waals surface area (Å²) in [6.07, 6.45) is 1.17. The first-order valence-corrected chi connectivity index (χ1v) is 6.23. The van der Waals surface area contributed by atoms with E-state index in [1.165, 1.54) is 12.0 Å². The van der Waals surface area contributed by atoms with Crippen LogP contribution in [0.15, 0.2) is 30.3 Å². The molecule has 0 aliphatic carbocycles. The average Bonchev–Trinajstić information content (AvgIpc) is 2.25. The van der Waals surface area contributed by atoms with E-state index in [2.05, 4.69) is 70.4 Å². The van der Waals surface area contributed by atoms with Crippen molar-refractivity contribution in [2.45, 2.75) is 46.1 Å². The lowest BCUT2D eigenvalue weighted by atomic mass is 9.75. The zero-order valence-electron chi connectivity index (χ0n) is 11.2. The summed E-state index contributed by atoms with van der Waals surface area (Å²) in [6.45, 7) is 9.19. The second-order valence-corrected chi connectivity index (χ2v) is 5.56. The van der Waals surface area contributed by atoms with E-state index >= 15 is 0 Å². The van der Waals surface area contributed by atoms with E-state index in [0.717, 1.165) is 0 Å². The fraction of sp³-hybridized carbons (Fsp3) is 0.600. The molecule has 0 amide bonds. The fourth-order valence-electron chi connectivity index (χ4n) is 2.60. The molecule has 0 aliphatic rings. The second-order valence-electron chi connectivity index (χ2n) is 5.56. The van der Waals surface area contributed by atoms with Gasteiger partial charge < -0.3 is 5.32 Å². The Morgan fingerprint density at radius 1 is 1.12 bits per heavy atom. The summed E-state index contributed by atoms with van der Waals surface area (Å²) in [5.41, 5.74) is 1.73. The Morgan fingerprint density at radius 3 is 2.06 bits per heavy atom. The molecular formula is C15H25N. The molecule has 16 heavy (non-hydrogen) atoms. The Labute approximate surface area is 100 Å². The van der Waals surface area contributed by atoms with Crippen LogP contribution in [-0.2, 0) is 0 Å². The molecule has 0 saturated carbocycles. The SMILES string of the molecule is CCC(c1ccccc1)C(NC)C(C)(C)C. The summed E-state index contributed by atoms with van der Waals surface area (Å²) in [4.78, 5) is 0. The molecule has 90 valence electrons. The maximum atomic E-state index is 3.49. The Bertz CT molecular complexity index is 297. The summed E-state index contributed by atoms with van der Waals surface area (Å²) in [5, 5.41) is 3.49. The topological polar surface area (TPSA) is 12.0 Å². The molecule has 1 aromatic rings. The number of likely N-dealkylation sites (N-methyl/N-ethyl adjacent to an activating group) is 1. The van der Waals surface area contributed by atoms with Crippen LogP contribution in [0.3, 0.4) is 0 Å². The smallest absolute Gasteiger partial charge is 0.0181 e. The molecule has 1 nitrogen and oxygen atoms in total. The lowest BCUT2D eigenvalue weighted by Crippen LogP contribution is -2.42. The second kappa shape index (κ2) is 5.49. The summed E-state index contributed by atoms with van der Waals surface area (Å²) in [6, 6.07) is 11.3. The summed E-state index contributed by atoms with van der Waals surface area (Å²) < 4.78 is 0. The molecule has 0 spiro atoms. The predicted molar refractivity (Wildman–Crippen MR) is 71.8 cm³/mol. The van der Waals surface area contributed by atoms with Crippen LogP contribution in [0.5, 0.6) is 0 Å². The van der Waals surface area contributed by atoms with Crippen LogP contribution in [0.1, 0.15) is 45.6 Å². The highest BCUT2D eigenvalue weighted by atomic mass is 14.9. The van der Waals surface area contributed by atoms with Gasteiger partial charge in [0.1, 0.15) is 0 Å². The van der Waals surface area contributed by atoms with E-state index in [0.29, 0.717) is 12.0 Å². The van der Waals surface area contributed by atoms with Crippen molar-refractivity contribution >= 4 is 0 Å². The van der Waals surface area contributed by atoms with Crippen molar-refractivity contribution in [3.8, 4) is 0 Å². The number of hydrogen-bond acceptors (Lipinski definition) is 1. The zero-order chi connectivity index (χ0) is 12.2. The molecule has 0 saturated heterocycles. The van der Waals surface area contributed by atoms with Gasteiger partial charge in [0.15, 0.2) is 0 Å². The van der Waals surface area contributed by atoms with Gasteiger partial charge in [-0.3, -0.25) is 0 Å². The van der Waals surface area contributed by atoms with Gasteiger partial charge in [0.25, 0.3) is 0 Å². The van der Waals surface area contributed by atoms with E-state index in [1.807, 2.05) is 0 Å². The normalized spacial score (nSPS) is 15.8. The molecule has 0 bridgehead atoms. The summed E-state index contributed by atoms with van der Waals surface area (Å²) in [5.74, 6) is 0.589. The fourth-order valence-corrected chi connectivity index (χ4v) is 2.60. The van der Waals surface area contributed by atoms with Crippen molar-refractivity contribution in [3.63, 3.8) is 0 Å². The van der Waals surface area contributed by atoms with Crippen molar-refractivity contribution in [1.82, 2.24) is 5.32 Å². The van der Waals surface area contributed by atoms with Crippen LogP contribution in [0.4, 0.5) is 0 Å². The zero-order valence-corrected chi connectivity index (χ0v) is 11.2. The minimum atomic E-state index is 0.283. The van der Waals surface area contributed by atoms with Crippen LogP contribution in [-0.4, -0.2) is 13.1 Å². The molecular weight excluding hydrogens is 194 g/mol. The van der Waals surface area contributed by atoms with Gasteiger partial charge in [-0.25, -0.2) is 0 Å². The van der Waals surface area contributed by atoms with Gasteiger partial charge in [-0.05, 0) is 30.4 Å². The minimum Gasteiger partial charge on any atom is -0.316 e. The third-order valence-corrected chi connectivity index (χ3v) is 3.31. The molecule has 0 heterocycles. The highest BCUT2D eigenvalue weighted by Gasteiger charge is 2.30. The van der Waals surface area contributed by atoms with E-state index in [4.69, 9.17) is 0 Å². The third kappa shape index (κ3) is 3.08. The summed E-state index contributed by atoms with van der Waals surface area (Å²) in [7, 11) is 2.07. The van der Waals surface area contributed by atoms with Crippen molar-refractivity contribution in [1.29, 1.82) is 0 Å². The molecule has 0 aromatic heterocycles. The number of benzene rings is 1. The van der Waals surface area contributed by atoms with Crippen LogP contribution in [0.2, 0.25) is 0 Å². The maximum absolute atomic E-state index is 3.49. The molecule has 1 rings (SSSR count). The number of hydrogen-bond donors (Lipinski definition) is 1. The number of nitrogens with one attached hydrogen (secondary N) is 1. The molecule has 0 aliphatic heterocycles. The van der Waals surface area contributed by atoms with E-state index < -0.39 is 0 Å². The van der Waals surface area contributed by atoms with Gasteiger partial charge in [-0.1, -0.05) is 58.0 Å². The average molecular weight is 219 g/mol. The van der Waals surface area contributed by atoms with Crippen LogP contribution in [0.25, 0.3) is 0 Å². The minimum absolute atomic E-state index is 0.283. The predicted octanol–water partition coefficient (Wildman–Crippen LogP) is 3.81. The molecule has 1 N–H and O–H groups in total. The Balaban J connectivity index is 2.97. The molecule has 0 radical (unpaired) electrons. The van der Waals surface area contributed by atoms with Crippen LogP contribution < -0.4 is 5.32 Å². The lowest BCUT2D eigenvalue weighted by Gasteiger charge is -2.37. The first-order chi connectivity index (χ1) is 7.50. The number of rotatable bonds is 4. The summed E-state index contributed by atoms with van der Waals surface area (Å²) >= 11 is 0. The standard InChI is InChI=1S/C15H25N/c1-6-13(12-10-8-7-9-11-12)14(16-5)15(2,3)4/h7-11,13-14,16H,6H2,1-5H3. The largest absolute Gasteiger partial charge is 0.316 e. The van der Waals surface area contributed by atoms with Crippen LogP contribution in [0, 0.1) is 5.41 Å². The van der Waals surface area contributed by atoms with E-state index in [9.17, 15) is 0 Å². The van der Waals surface area contributed by atoms with Gasteiger partial charge in [0.2, 0.25) is 0 Å². The Morgan fingerprint density at radius 2 is 1.69 bits per heavy atom. The van der Waals surface area contributed by atoms with Gasteiger partial charge in [-0.15, -0.1) is 0 Å². The highest BCUT2D eigenvalue weighted by Crippen LogP contribution is 2.33. The van der Waals surface area contributed by atoms with Gasteiger partial charge in [-0.2, -0.15) is 0 Å². The van der Waals surface area contributed by atoms with Gasteiger partial charge in [0, 0.05) is 6.04 Å². The Kier molecular flexibility index (Phi) is 4.55. The molecule has 0 fully saturated rings. The maximum Gasteiger partial charge on any atom is 0.0181 e. The monoisotopic (exact) mass is 219 g/mol. The van der Waals surface area contributed by atoms with Gasteiger partial charge in [0.05, 0.1) is 0 Å². The quantitative estimate of drug-likeness (QED) is 0.812. The molecule has 2 atom stereocenters. The van der Waals surface area contributed by atoms with Crippen molar-refractivity contribution in [2.75, 3.05) is 7.05 Å². The first-order valence-electron chi connectivity index (χ1n) is 6.23. The van der Waals surface area contributed by atoms with E-state index in [1.54, 1.807) is 0 Å².